The van der Waals surface area contributed by atoms with Gasteiger partial charge in [-0.1, -0.05) is 30.7 Å². The molecule has 0 atom stereocenters. The zero-order valence-electron chi connectivity index (χ0n) is 14.4. The van der Waals surface area contributed by atoms with Crippen molar-refractivity contribution in [2.75, 3.05) is 31.1 Å². The van der Waals surface area contributed by atoms with Crippen LogP contribution in [0.3, 0.4) is 0 Å². The number of anilines is 1. The highest BCUT2D eigenvalue weighted by Crippen LogP contribution is 2.26. The van der Waals surface area contributed by atoms with Gasteiger partial charge in [0.2, 0.25) is 0 Å². The standard InChI is InChI=1S/C19H22ClN5/c1-2-17-16(13-14-4-3-5-15(20)12-14)19(24-18(23-17)6-7-21)25-10-8-22-9-11-25/h3-5,12,22H,2,6,8-11,13H2,1H3. The maximum Gasteiger partial charge on any atom is 0.145 e. The van der Waals surface area contributed by atoms with Gasteiger partial charge in [0.15, 0.2) is 0 Å². The van der Waals surface area contributed by atoms with E-state index in [-0.39, 0.29) is 6.42 Å². The Kier molecular flexibility index (Phi) is 5.85. The van der Waals surface area contributed by atoms with Gasteiger partial charge in [0.25, 0.3) is 0 Å². The van der Waals surface area contributed by atoms with Crippen molar-refractivity contribution in [3.63, 3.8) is 0 Å². The van der Waals surface area contributed by atoms with Crippen molar-refractivity contribution in [3.8, 4) is 6.07 Å². The van der Waals surface area contributed by atoms with Crippen LogP contribution in [0, 0.1) is 11.3 Å². The van der Waals surface area contributed by atoms with Crippen LogP contribution in [0.5, 0.6) is 0 Å². The van der Waals surface area contributed by atoms with Gasteiger partial charge in [0.05, 0.1) is 12.5 Å². The van der Waals surface area contributed by atoms with Crippen LogP contribution in [0.2, 0.25) is 5.02 Å². The SMILES string of the molecule is CCc1nc(CC#N)nc(N2CCNCC2)c1Cc1cccc(Cl)c1. The van der Waals surface area contributed by atoms with Gasteiger partial charge in [0, 0.05) is 48.9 Å². The van der Waals surface area contributed by atoms with E-state index in [1.165, 1.54) is 0 Å². The monoisotopic (exact) mass is 355 g/mol. The first-order valence-electron chi connectivity index (χ1n) is 8.67. The summed E-state index contributed by atoms with van der Waals surface area (Å²) in [4.78, 5) is 11.7. The molecule has 1 aliphatic rings. The van der Waals surface area contributed by atoms with E-state index in [1.807, 2.05) is 18.2 Å². The molecular formula is C19H22ClN5. The molecule has 3 rings (SSSR count). The topological polar surface area (TPSA) is 64.8 Å². The number of halogens is 1. The molecule has 1 aromatic carbocycles. The highest BCUT2D eigenvalue weighted by atomic mass is 35.5. The molecule has 0 unspecified atom stereocenters. The van der Waals surface area contributed by atoms with Crippen LogP contribution in [0.4, 0.5) is 5.82 Å². The fourth-order valence-electron chi connectivity index (χ4n) is 3.18. The fourth-order valence-corrected chi connectivity index (χ4v) is 3.39. The van der Waals surface area contributed by atoms with Crippen LogP contribution < -0.4 is 10.2 Å². The first-order chi connectivity index (χ1) is 12.2. The minimum Gasteiger partial charge on any atom is -0.354 e. The normalized spacial score (nSPS) is 14.4. The zero-order valence-corrected chi connectivity index (χ0v) is 15.2. The van der Waals surface area contributed by atoms with Crippen molar-refractivity contribution < 1.29 is 0 Å². The third kappa shape index (κ3) is 4.28. The van der Waals surface area contributed by atoms with Gasteiger partial charge in [-0.05, 0) is 24.1 Å². The van der Waals surface area contributed by atoms with E-state index in [1.54, 1.807) is 0 Å². The molecule has 130 valence electrons. The zero-order chi connectivity index (χ0) is 17.6. The summed E-state index contributed by atoms with van der Waals surface area (Å²) in [5, 5.41) is 13.2. The summed E-state index contributed by atoms with van der Waals surface area (Å²) >= 11 is 6.15. The Balaban J connectivity index is 2.04. The van der Waals surface area contributed by atoms with Crippen molar-refractivity contribution in [1.29, 1.82) is 5.26 Å². The summed E-state index contributed by atoms with van der Waals surface area (Å²) in [6, 6.07) is 10.1. The first kappa shape index (κ1) is 17.7. The van der Waals surface area contributed by atoms with Gasteiger partial charge < -0.3 is 10.2 Å². The number of aromatic nitrogens is 2. The third-order valence-electron chi connectivity index (χ3n) is 4.38. The van der Waals surface area contributed by atoms with Crippen LogP contribution in [0.15, 0.2) is 24.3 Å². The van der Waals surface area contributed by atoms with Crippen molar-refractivity contribution in [1.82, 2.24) is 15.3 Å². The van der Waals surface area contributed by atoms with Crippen LogP contribution in [0.1, 0.15) is 29.6 Å². The molecule has 2 heterocycles. The number of nitriles is 1. The summed E-state index contributed by atoms with van der Waals surface area (Å²) in [7, 11) is 0. The molecule has 1 aliphatic heterocycles. The Bertz CT molecular complexity index is 778. The number of nitrogens with one attached hydrogen (secondary N) is 1. The van der Waals surface area contributed by atoms with Gasteiger partial charge in [-0.25, -0.2) is 9.97 Å². The lowest BCUT2D eigenvalue weighted by Gasteiger charge is -2.31. The largest absolute Gasteiger partial charge is 0.354 e. The molecule has 5 nitrogen and oxygen atoms in total. The van der Waals surface area contributed by atoms with Crippen LogP contribution in [0.25, 0.3) is 0 Å². The van der Waals surface area contributed by atoms with Crippen LogP contribution in [-0.2, 0) is 19.3 Å². The fraction of sp³-hybridized carbons (Fsp3) is 0.421. The maximum atomic E-state index is 9.05. The lowest BCUT2D eigenvalue weighted by molar-refractivity contribution is 0.581. The van der Waals surface area contributed by atoms with E-state index in [4.69, 9.17) is 21.8 Å². The Morgan fingerprint density at radius 2 is 2.08 bits per heavy atom. The van der Waals surface area contributed by atoms with Gasteiger partial charge in [-0.3, -0.25) is 0 Å². The Hall–Kier alpha value is -2.16. The predicted molar refractivity (Wildman–Crippen MR) is 100 cm³/mol. The van der Waals surface area contributed by atoms with E-state index in [2.05, 4.69) is 34.3 Å². The summed E-state index contributed by atoms with van der Waals surface area (Å²) in [6.07, 6.45) is 1.80. The molecule has 1 fully saturated rings. The van der Waals surface area contributed by atoms with Crippen molar-refractivity contribution in [2.24, 2.45) is 0 Å². The molecule has 0 spiro atoms. The smallest absolute Gasteiger partial charge is 0.145 e. The molecule has 0 radical (unpaired) electrons. The number of rotatable bonds is 5. The molecule has 1 aromatic heterocycles. The number of nitrogens with zero attached hydrogens (tertiary/aromatic N) is 4. The van der Waals surface area contributed by atoms with Gasteiger partial charge >= 0.3 is 0 Å². The molecule has 0 aliphatic carbocycles. The molecule has 6 heteroatoms. The average molecular weight is 356 g/mol. The predicted octanol–water partition coefficient (Wildman–Crippen LogP) is 2.76. The van der Waals surface area contributed by atoms with Crippen molar-refractivity contribution in [3.05, 3.63) is 51.9 Å². The summed E-state index contributed by atoms with van der Waals surface area (Å²) in [6.45, 7) is 5.80. The molecule has 0 bridgehead atoms. The van der Waals surface area contributed by atoms with E-state index < -0.39 is 0 Å². The van der Waals surface area contributed by atoms with Crippen molar-refractivity contribution >= 4 is 17.4 Å². The average Bonchev–Trinajstić information content (AvgIpc) is 2.63. The molecular weight excluding hydrogens is 334 g/mol. The van der Waals surface area contributed by atoms with Crippen LogP contribution >= 0.6 is 11.6 Å². The van der Waals surface area contributed by atoms with E-state index in [0.29, 0.717) is 5.82 Å². The second-order valence-electron chi connectivity index (χ2n) is 6.12. The minimum absolute atomic E-state index is 0.240. The van der Waals surface area contributed by atoms with E-state index in [9.17, 15) is 0 Å². The molecule has 1 N–H and O–H groups in total. The molecule has 0 saturated carbocycles. The second kappa shape index (κ2) is 8.28. The maximum absolute atomic E-state index is 9.05. The lowest BCUT2D eigenvalue weighted by Crippen LogP contribution is -2.44. The molecule has 1 saturated heterocycles. The Labute approximate surface area is 153 Å². The highest BCUT2D eigenvalue weighted by molar-refractivity contribution is 6.30. The number of benzene rings is 1. The molecule has 25 heavy (non-hydrogen) atoms. The first-order valence-corrected chi connectivity index (χ1v) is 9.04. The van der Waals surface area contributed by atoms with Crippen molar-refractivity contribution in [2.45, 2.75) is 26.2 Å². The highest BCUT2D eigenvalue weighted by Gasteiger charge is 2.20. The Morgan fingerprint density at radius 1 is 1.28 bits per heavy atom. The Morgan fingerprint density at radius 3 is 2.76 bits per heavy atom. The van der Waals surface area contributed by atoms with Gasteiger partial charge in [-0.15, -0.1) is 0 Å². The van der Waals surface area contributed by atoms with E-state index in [0.717, 1.165) is 66.7 Å². The third-order valence-corrected chi connectivity index (χ3v) is 4.61. The number of piperazine rings is 1. The quantitative estimate of drug-likeness (QED) is 0.893. The summed E-state index contributed by atoms with van der Waals surface area (Å²) in [5.74, 6) is 1.58. The lowest BCUT2D eigenvalue weighted by atomic mass is 10.0. The van der Waals surface area contributed by atoms with E-state index >= 15 is 0 Å². The molecule has 0 amide bonds. The molecule has 2 aromatic rings. The second-order valence-corrected chi connectivity index (χ2v) is 6.56. The number of hydrogen-bond acceptors (Lipinski definition) is 5. The minimum atomic E-state index is 0.240. The van der Waals surface area contributed by atoms with Crippen LogP contribution in [-0.4, -0.2) is 36.1 Å². The number of hydrogen-bond donors (Lipinski definition) is 1. The van der Waals surface area contributed by atoms with Gasteiger partial charge in [0.1, 0.15) is 11.6 Å². The van der Waals surface area contributed by atoms with Gasteiger partial charge in [-0.2, -0.15) is 5.26 Å². The number of aryl methyl sites for hydroxylation is 1. The summed E-state index contributed by atoms with van der Waals surface area (Å²) in [5.41, 5.74) is 3.32. The summed E-state index contributed by atoms with van der Waals surface area (Å²) < 4.78 is 0.